The minimum absolute atomic E-state index is 0.0199. The largest absolute Gasteiger partial charge is 0.497 e. The monoisotopic (exact) mass is 686 g/mol. The van der Waals surface area contributed by atoms with E-state index in [2.05, 4.69) is 16.0 Å². The molecule has 0 bridgehead atoms. The van der Waals surface area contributed by atoms with Crippen LogP contribution in [0.1, 0.15) is 37.1 Å². The van der Waals surface area contributed by atoms with Gasteiger partial charge in [0.1, 0.15) is 22.4 Å². The van der Waals surface area contributed by atoms with E-state index in [4.69, 9.17) is 15.2 Å². The van der Waals surface area contributed by atoms with Crippen LogP contribution in [0.5, 0.6) is 11.5 Å². The molecule has 5 rings (SSSR count). The van der Waals surface area contributed by atoms with Crippen LogP contribution in [0.3, 0.4) is 0 Å². The summed E-state index contributed by atoms with van der Waals surface area (Å²) in [4.78, 5) is 52.5. The number of hydrogen-bond donors (Lipinski definition) is 4. The maximum absolute atomic E-state index is 13.7. The zero-order chi connectivity index (χ0) is 35.5. The summed E-state index contributed by atoms with van der Waals surface area (Å²) in [6, 6.07) is 36.4. The molecule has 5 aromatic rings. The highest BCUT2D eigenvalue weighted by Crippen LogP contribution is 2.37. The number of nitrogens with two attached hydrogens (primary N) is 1. The average molecular weight is 687 g/mol. The summed E-state index contributed by atoms with van der Waals surface area (Å²) in [6.45, 7) is 0. The van der Waals surface area contributed by atoms with E-state index in [1.165, 1.54) is 32.1 Å². The number of hydrogen-bond acceptors (Lipinski definition) is 7. The van der Waals surface area contributed by atoms with Gasteiger partial charge >= 0.3 is 0 Å². The lowest BCUT2D eigenvalue weighted by Crippen LogP contribution is -2.30. The third kappa shape index (κ3) is 9.18. The van der Waals surface area contributed by atoms with Crippen molar-refractivity contribution >= 4 is 52.8 Å². The standard InChI is InChI=1S/C39H34N4O6S/c1-48-31-19-22-34(49-2)28(23-31)24-33(43-37(45)27-11-7-4-8-12-27)38(46)41-30-17-20-32(21-18-30)50-35(25-9-5-3-6-10-25)39(47)42-29-15-13-26(14-16-29)36(40)44/h3-24,35H,1-2H3,(H2,40,44)(H,41,46)(H,42,47)(H,43,45)/b33-24-. The number of carbonyl (C=O) groups excluding carboxylic acids is 4. The third-order valence-corrected chi connectivity index (χ3v) is 8.68. The number of anilines is 2. The molecule has 0 aliphatic carbocycles. The summed E-state index contributed by atoms with van der Waals surface area (Å²) in [5.74, 6) is -0.823. The Hall–Kier alpha value is -6.33. The highest BCUT2D eigenvalue weighted by molar-refractivity contribution is 8.00. The number of benzene rings is 5. The van der Waals surface area contributed by atoms with E-state index in [-0.39, 0.29) is 11.6 Å². The van der Waals surface area contributed by atoms with Crippen molar-refractivity contribution in [2.45, 2.75) is 10.1 Å². The van der Waals surface area contributed by atoms with E-state index in [0.29, 0.717) is 39.6 Å². The van der Waals surface area contributed by atoms with E-state index in [0.717, 1.165) is 10.5 Å². The normalized spacial score (nSPS) is 11.5. The fraction of sp³-hybridized carbons (Fsp3) is 0.0769. The molecule has 252 valence electrons. The second-order valence-corrected chi connectivity index (χ2v) is 12.0. The molecular formula is C39H34N4O6S. The Morgan fingerprint density at radius 2 is 1.32 bits per heavy atom. The minimum atomic E-state index is -0.618. The first-order chi connectivity index (χ1) is 24.2. The van der Waals surface area contributed by atoms with Crippen LogP contribution in [-0.4, -0.2) is 37.8 Å². The highest BCUT2D eigenvalue weighted by atomic mass is 32.2. The molecule has 1 unspecified atom stereocenters. The number of amides is 4. The molecule has 1 atom stereocenters. The van der Waals surface area contributed by atoms with Crippen LogP contribution in [0.4, 0.5) is 11.4 Å². The highest BCUT2D eigenvalue weighted by Gasteiger charge is 2.23. The van der Waals surface area contributed by atoms with Gasteiger partial charge in [0.25, 0.3) is 11.8 Å². The number of methoxy groups -OCH3 is 2. The summed E-state index contributed by atoms with van der Waals surface area (Å²) < 4.78 is 10.8. The van der Waals surface area contributed by atoms with Gasteiger partial charge in [-0.15, -0.1) is 11.8 Å². The molecule has 0 aromatic heterocycles. The number of primary amides is 1. The van der Waals surface area contributed by atoms with Crippen molar-refractivity contribution in [1.29, 1.82) is 0 Å². The second-order valence-electron chi connectivity index (χ2n) is 10.8. The summed E-state index contributed by atoms with van der Waals surface area (Å²) in [5.41, 5.74) is 8.33. The number of thioether (sulfide) groups is 1. The van der Waals surface area contributed by atoms with Gasteiger partial charge in [-0.05, 0) is 90.5 Å². The lowest BCUT2D eigenvalue weighted by molar-refractivity contribution is -0.116. The van der Waals surface area contributed by atoms with Crippen molar-refractivity contribution in [3.63, 3.8) is 0 Å². The second kappa shape index (κ2) is 16.7. The molecule has 50 heavy (non-hydrogen) atoms. The van der Waals surface area contributed by atoms with Gasteiger partial charge in [0, 0.05) is 33.0 Å². The maximum Gasteiger partial charge on any atom is 0.272 e. The molecule has 0 heterocycles. The molecule has 0 spiro atoms. The lowest BCUT2D eigenvalue weighted by atomic mass is 10.1. The Kier molecular flexibility index (Phi) is 11.7. The van der Waals surface area contributed by atoms with E-state index in [1.54, 1.807) is 97.1 Å². The van der Waals surface area contributed by atoms with Crippen LogP contribution in [0.25, 0.3) is 6.08 Å². The average Bonchev–Trinajstić information content (AvgIpc) is 3.15. The Morgan fingerprint density at radius 3 is 1.94 bits per heavy atom. The van der Waals surface area contributed by atoms with E-state index in [1.807, 2.05) is 30.3 Å². The van der Waals surface area contributed by atoms with Gasteiger partial charge in [0.05, 0.1) is 14.2 Å². The fourth-order valence-corrected chi connectivity index (χ4v) is 5.85. The first-order valence-corrected chi connectivity index (χ1v) is 16.3. The zero-order valence-corrected chi connectivity index (χ0v) is 28.0. The van der Waals surface area contributed by atoms with Gasteiger partial charge in [-0.3, -0.25) is 19.2 Å². The maximum atomic E-state index is 13.7. The number of carbonyl (C=O) groups is 4. The number of rotatable bonds is 13. The summed E-state index contributed by atoms with van der Waals surface area (Å²) in [5, 5.41) is 7.87. The molecule has 10 nitrogen and oxygen atoms in total. The molecule has 0 radical (unpaired) electrons. The van der Waals surface area contributed by atoms with E-state index < -0.39 is 23.0 Å². The SMILES string of the molecule is COc1ccc(OC)c(/C=C(\NC(=O)c2ccccc2)C(=O)Nc2ccc(SC(C(=O)Nc3ccc(C(N)=O)cc3)c3ccccc3)cc2)c1. The Morgan fingerprint density at radius 1 is 0.700 bits per heavy atom. The first kappa shape index (κ1) is 35.0. The van der Waals surface area contributed by atoms with Crippen molar-refractivity contribution in [3.8, 4) is 11.5 Å². The summed E-state index contributed by atoms with van der Waals surface area (Å²) >= 11 is 1.33. The van der Waals surface area contributed by atoms with Gasteiger partial charge in [-0.25, -0.2) is 0 Å². The molecule has 5 aromatic carbocycles. The van der Waals surface area contributed by atoms with Crippen molar-refractivity contribution in [1.82, 2.24) is 5.32 Å². The van der Waals surface area contributed by atoms with Gasteiger partial charge < -0.3 is 31.2 Å². The van der Waals surface area contributed by atoms with Gasteiger partial charge in [0.2, 0.25) is 11.8 Å². The molecule has 5 N–H and O–H groups in total. The molecule has 0 aliphatic heterocycles. The topological polar surface area (TPSA) is 149 Å². The first-order valence-electron chi connectivity index (χ1n) is 15.4. The molecule has 11 heteroatoms. The quantitative estimate of drug-likeness (QED) is 0.0797. The van der Waals surface area contributed by atoms with E-state index >= 15 is 0 Å². The Labute approximate surface area is 293 Å². The summed E-state index contributed by atoms with van der Waals surface area (Å²) in [7, 11) is 3.04. The van der Waals surface area contributed by atoms with Gasteiger partial charge in [0.15, 0.2) is 0 Å². The number of nitrogens with one attached hydrogen (secondary N) is 3. The predicted octanol–water partition coefficient (Wildman–Crippen LogP) is 6.68. The van der Waals surface area contributed by atoms with Crippen LogP contribution < -0.4 is 31.2 Å². The van der Waals surface area contributed by atoms with Crippen LogP contribution in [-0.2, 0) is 9.59 Å². The van der Waals surface area contributed by atoms with Crippen LogP contribution in [0.15, 0.2) is 138 Å². The molecule has 0 fully saturated rings. The molecule has 0 saturated heterocycles. The molecule has 4 amide bonds. The van der Waals surface area contributed by atoms with E-state index in [9.17, 15) is 19.2 Å². The smallest absolute Gasteiger partial charge is 0.272 e. The molecule has 0 aliphatic rings. The van der Waals surface area contributed by atoms with Crippen LogP contribution >= 0.6 is 11.8 Å². The van der Waals surface area contributed by atoms with Gasteiger partial charge in [-0.1, -0.05) is 48.5 Å². The fourth-order valence-electron chi connectivity index (χ4n) is 4.83. The van der Waals surface area contributed by atoms with Crippen LogP contribution in [0.2, 0.25) is 0 Å². The van der Waals surface area contributed by atoms with Crippen molar-refractivity contribution in [2.75, 3.05) is 24.9 Å². The van der Waals surface area contributed by atoms with Crippen LogP contribution in [0, 0.1) is 0 Å². The Bertz CT molecular complexity index is 2000. The van der Waals surface area contributed by atoms with Crippen molar-refractivity contribution in [2.24, 2.45) is 5.73 Å². The number of ether oxygens (including phenoxy) is 2. The van der Waals surface area contributed by atoms with Gasteiger partial charge in [-0.2, -0.15) is 0 Å². The summed E-state index contributed by atoms with van der Waals surface area (Å²) in [6.07, 6.45) is 1.52. The van der Waals surface area contributed by atoms with Crippen molar-refractivity contribution < 1.29 is 28.7 Å². The lowest BCUT2D eigenvalue weighted by Gasteiger charge is -2.18. The third-order valence-electron chi connectivity index (χ3n) is 7.41. The van der Waals surface area contributed by atoms with Crippen molar-refractivity contribution in [3.05, 3.63) is 155 Å². The minimum Gasteiger partial charge on any atom is -0.497 e. The molecule has 0 saturated carbocycles. The Balaban J connectivity index is 1.35. The predicted molar refractivity (Wildman–Crippen MR) is 195 cm³/mol. The molecular weight excluding hydrogens is 653 g/mol. The zero-order valence-electron chi connectivity index (χ0n) is 27.2.